The summed E-state index contributed by atoms with van der Waals surface area (Å²) in [5, 5.41) is 7.40. The third-order valence-electron chi connectivity index (χ3n) is 3.44. The highest BCUT2D eigenvalue weighted by Crippen LogP contribution is 2.40. The molecule has 1 aromatic heterocycles. The SMILES string of the molecule is CC1(c2cc(C3CC3)[nH]n2)C=NC(N)N=C1N. The van der Waals surface area contributed by atoms with Crippen LogP contribution in [0.4, 0.5) is 0 Å². The van der Waals surface area contributed by atoms with Crippen LogP contribution in [0.3, 0.4) is 0 Å². The van der Waals surface area contributed by atoms with E-state index in [0.29, 0.717) is 11.8 Å². The topological polar surface area (TPSA) is 105 Å². The van der Waals surface area contributed by atoms with Gasteiger partial charge < -0.3 is 5.73 Å². The van der Waals surface area contributed by atoms with Gasteiger partial charge in [0, 0.05) is 17.8 Å². The van der Waals surface area contributed by atoms with Crippen molar-refractivity contribution in [3.8, 4) is 0 Å². The lowest BCUT2D eigenvalue weighted by Crippen LogP contribution is -2.45. The molecule has 0 aromatic carbocycles. The molecule has 2 aliphatic rings. The third-order valence-corrected chi connectivity index (χ3v) is 3.44. The Morgan fingerprint density at radius 2 is 2.24 bits per heavy atom. The second-order valence-corrected chi connectivity index (χ2v) is 4.89. The van der Waals surface area contributed by atoms with Crippen LogP contribution < -0.4 is 11.5 Å². The molecule has 0 radical (unpaired) electrons. The predicted molar refractivity (Wildman–Crippen MR) is 66.0 cm³/mol. The number of H-pyrrole nitrogens is 1. The van der Waals surface area contributed by atoms with Crippen molar-refractivity contribution in [1.82, 2.24) is 10.2 Å². The maximum atomic E-state index is 5.96. The zero-order valence-corrected chi connectivity index (χ0v) is 9.72. The van der Waals surface area contributed by atoms with Crippen molar-refractivity contribution in [1.29, 1.82) is 0 Å². The smallest absolute Gasteiger partial charge is 0.192 e. The first-order chi connectivity index (χ1) is 8.09. The molecule has 0 amide bonds. The summed E-state index contributed by atoms with van der Waals surface area (Å²) in [6, 6.07) is 2.06. The van der Waals surface area contributed by atoms with Crippen molar-refractivity contribution in [2.45, 2.75) is 37.4 Å². The molecule has 2 atom stereocenters. The predicted octanol–water partition coefficient (Wildman–Crippen LogP) is 0.229. The highest BCUT2D eigenvalue weighted by Gasteiger charge is 2.36. The van der Waals surface area contributed by atoms with Crippen LogP contribution in [0.1, 0.15) is 37.1 Å². The fraction of sp³-hybridized carbons (Fsp3) is 0.545. The molecule has 6 nitrogen and oxygen atoms in total. The van der Waals surface area contributed by atoms with Gasteiger partial charge in [0.05, 0.1) is 5.69 Å². The van der Waals surface area contributed by atoms with Gasteiger partial charge in [0.1, 0.15) is 11.3 Å². The highest BCUT2D eigenvalue weighted by atomic mass is 15.2. The van der Waals surface area contributed by atoms with E-state index in [0.717, 1.165) is 5.69 Å². The molecule has 0 spiro atoms. The van der Waals surface area contributed by atoms with Crippen molar-refractivity contribution in [3.63, 3.8) is 0 Å². The zero-order chi connectivity index (χ0) is 12.0. The molecule has 90 valence electrons. The number of nitrogens with zero attached hydrogens (tertiary/aromatic N) is 3. The fourth-order valence-corrected chi connectivity index (χ4v) is 2.00. The average molecular weight is 232 g/mol. The van der Waals surface area contributed by atoms with Crippen LogP contribution in [-0.2, 0) is 5.41 Å². The summed E-state index contributed by atoms with van der Waals surface area (Å²) in [5.74, 6) is 1.11. The molecule has 1 aromatic rings. The minimum atomic E-state index is -0.579. The number of nitrogens with one attached hydrogen (secondary N) is 1. The largest absolute Gasteiger partial charge is 0.386 e. The van der Waals surface area contributed by atoms with Crippen LogP contribution in [0.15, 0.2) is 16.1 Å². The van der Waals surface area contributed by atoms with Gasteiger partial charge in [-0.1, -0.05) is 0 Å². The summed E-state index contributed by atoms with van der Waals surface area (Å²) in [5.41, 5.74) is 13.0. The number of aliphatic imine (C=N–C) groups is 2. The number of aromatic nitrogens is 2. The summed E-state index contributed by atoms with van der Waals surface area (Å²) in [7, 11) is 0. The van der Waals surface area contributed by atoms with Gasteiger partial charge in [-0.15, -0.1) is 0 Å². The van der Waals surface area contributed by atoms with Crippen molar-refractivity contribution in [2.75, 3.05) is 0 Å². The molecule has 1 fully saturated rings. The Morgan fingerprint density at radius 3 is 2.88 bits per heavy atom. The molecule has 2 unspecified atom stereocenters. The van der Waals surface area contributed by atoms with Gasteiger partial charge in [0.15, 0.2) is 6.29 Å². The minimum Gasteiger partial charge on any atom is -0.386 e. The lowest BCUT2D eigenvalue weighted by molar-refractivity contribution is 0.688. The van der Waals surface area contributed by atoms with Crippen LogP contribution in [-0.4, -0.2) is 28.5 Å². The second-order valence-electron chi connectivity index (χ2n) is 4.89. The third kappa shape index (κ3) is 1.64. The van der Waals surface area contributed by atoms with Crippen molar-refractivity contribution in [3.05, 3.63) is 17.5 Å². The Bertz CT molecular complexity index is 498. The summed E-state index contributed by atoms with van der Waals surface area (Å²) in [6.07, 6.45) is 3.64. The lowest BCUT2D eigenvalue weighted by atomic mass is 9.86. The standard InChI is InChI=1S/C11H16N6/c1-11(5-14-10(13)15-9(11)12)8-4-7(16-17-8)6-2-3-6/h4-6,10H,2-3,13H2,1H3,(H2,12,15)(H,16,17). The van der Waals surface area contributed by atoms with Crippen LogP contribution >= 0.6 is 0 Å². The maximum absolute atomic E-state index is 5.96. The van der Waals surface area contributed by atoms with Crippen LogP contribution in [0, 0.1) is 0 Å². The maximum Gasteiger partial charge on any atom is 0.192 e. The molecule has 2 heterocycles. The van der Waals surface area contributed by atoms with Crippen LogP contribution in [0.25, 0.3) is 0 Å². The number of aromatic amines is 1. The summed E-state index contributed by atoms with van der Waals surface area (Å²) in [6.45, 7) is 1.95. The first-order valence-corrected chi connectivity index (χ1v) is 5.79. The van der Waals surface area contributed by atoms with E-state index in [1.165, 1.54) is 18.5 Å². The Morgan fingerprint density at radius 1 is 1.47 bits per heavy atom. The second kappa shape index (κ2) is 3.40. The molecule has 5 N–H and O–H groups in total. The number of nitrogens with two attached hydrogens (primary N) is 2. The molecule has 1 aliphatic heterocycles. The van der Waals surface area contributed by atoms with E-state index in [-0.39, 0.29) is 0 Å². The van der Waals surface area contributed by atoms with E-state index in [1.807, 2.05) is 6.92 Å². The highest BCUT2D eigenvalue weighted by molar-refractivity contribution is 6.07. The molecule has 3 rings (SSSR count). The molecule has 0 saturated heterocycles. The minimum absolute atomic E-state index is 0.467. The van der Waals surface area contributed by atoms with Gasteiger partial charge in [-0.2, -0.15) is 5.10 Å². The van der Waals surface area contributed by atoms with E-state index >= 15 is 0 Å². The average Bonchev–Trinajstić information content (AvgIpc) is 3.02. The normalized spacial score (nSPS) is 32.6. The van der Waals surface area contributed by atoms with E-state index in [2.05, 4.69) is 26.2 Å². The quantitative estimate of drug-likeness (QED) is 0.679. The van der Waals surface area contributed by atoms with Crippen LogP contribution in [0.5, 0.6) is 0 Å². The molecule has 0 bridgehead atoms. The Hall–Kier alpha value is -1.69. The van der Waals surface area contributed by atoms with Gasteiger partial charge >= 0.3 is 0 Å². The first kappa shape index (κ1) is 10.5. The van der Waals surface area contributed by atoms with Crippen molar-refractivity contribution >= 4 is 12.1 Å². The molecule has 6 heteroatoms. The fourth-order valence-electron chi connectivity index (χ4n) is 2.00. The Balaban J connectivity index is 1.95. The summed E-state index contributed by atoms with van der Waals surface area (Å²) in [4.78, 5) is 8.21. The van der Waals surface area contributed by atoms with Gasteiger partial charge in [-0.3, -0.25) is 15.8 Å². The molecule has 1 saturated carbocycles. The van der Waals surface area contributed by atoms with Crippen molar-refractivity contribution < 1.29 is 0 Å². The number of rotatable bonds is 2. The molecular weight excluding hydrogens is 216 g/mol. The van der Waals surface area contributed by atoms with E-state index in [4.69, 9.17) is 11.5 Å². The number of hydrogen-bond acceptors (Lipinski definition) is 5. The van der Waals surface area contributed by atoms with E-state index in [9.17, 15) is 0 Å². The van der Waals surface area contributed by atoms with Gasteiger partial charge in [-0.25, -0.2) is 4.99 Å². The summed E-state index contributed by atoms with van der Waals surface area (Å²) >= 11 is 0. The number of amidine groups is 1. The van der Waals surface area contributed by atoms with Gasteiger partial charge in [-0.05, 0) is 25.8 Å². The van der Waals surface area contributed by atoms with E-state index in [1.54, 1.807) is 6.21 Å². The summed E-state index contributed by atoms with van der Waals surface area (Å²) < 4.78 is 0. The number of hydrogen-bond donors (Lipinski definition) is 3. The van der Waals surface area contributed by atoms with E-state index < -0.39 is 11.7 Å². The molecule has 1 aliphatic carbocycles. The van der Waals surface area contributed by atoms with Crippen LogP contribution in [0.2, 0.25) is 0 Å². The van der Waals surface area contributed by atoms with Gasteiger partial charge in [0.25, 0.3) is 0 Å². The first-order valence-electron chi connectivity index (χ1n) is 5.79. The zero-order valence-electron chi connectivity index (χ0n) is 9.72. The molecule has 17 heavy (non-hydrogen) atoms. The Kier molecular flexibility index (Phi) is 2.09. The lowest BCUT2D eigenvalue weighted by Gasteiger charge is -2.26. The molecular formula is C11H16N6. The van der Waals surface area contributed by atoms with Gasteiger partial charge in [0.2, 0.25) is 0 Å². The van der Waals surface area contributed by atoms with Crippen molar-refractivity contribution in [2.24, 2.45) is 21.5 Å². The monoisotopic (exact) mass is 232 g/mol. The Labute approximate surface area is 99.2 Å².